The van der Waals surface area contributed by atoms with Gasteiger partial charge in [-0.1, -0.05) is 6.92 Å². The molecule has 1 aromatic carbocycles. The molecule has 1 aliphatic heterocycles. The van der Waals surface area contributed by atoms with E-state index in [0.717, 1.165) is 48.6 Å². The Morgan fingerprint density at radius 1 is 1.31 bits per heavy atom. The highest BCUT2D eigenvalue weighted by atomic mass is 16.5. The molecule has 4 rings (SSSR count). The van der Waals surface area contributed by atoms with Crippen molar-refractivity contribution in [3.05, 3.63) is 60.2 Å². The van der Waals surface area contributed by atoms with E-state index in [1.807, 2.05) is 35.1 Å². The van der Waals surface area contributed by atoms with E-state index in [9.17, 15) is 0 Å². The lowest BCUT2D eigenvalue weighted by molar-refractivity contribution is 0.171. The molecule has 2 aromatic heterocycles. The summed E-state index contributed by atoms with van der Waals surface area (Å²) in [7, 11) is 2.10. The largest absolute Gasteiger partial charge is 0.492 e. The number of rotatable bonds is 6. The van der Waals surface area contributed by atoms with Gasteiger partial charge in [0.2, 0.25) is 0 Å². The van der Waals surface area contributed by atoms with Crippen LogP contribution in [0.1, 0.15) is 30.7 Å². The van der Waals surface area contributed by atoms with E-state index in [2.05, 4.69) is 42.1 Å². The fraction of sp³-hybridized carbons (Fsp3) is 0.381. The molecule has 5 heteroatoms. The zero-order valence-corrected chi connectivity index (χ0v) is 15.4. The van der Waals surface area contributed by atoms with Gasteiger partial charge in [0.1, 0.15) is 24.2 Å². The molecule has 0 bridgehead atoms. The predicted octanol–water partition coefficient (Wildman–Crippen LogP) is 3.73. The van der Waals surface area contributed by atoms with Crippen molar-refractivity contribution in [3.63, 3.8) is 0 Å². The second-order valence-corrected chi connectivity index (χ2v) is 6.81. The molecule has 0 fully saturated rings. The Bertz CT molecular complexity index is 890. The SMILES string of the molecule is CCN(C)CCOc1ccc2c(c1)CCC(c1cc3cccn3cn1)O2. The van der Waals surface area contributed by atoms with Gasteiger partial charge in [0.15, 0.2) is 0 Å². The van der Waals surface area contributed by atoms with Crippen molar-refractivity contribution in [2.24, 2.45) is 0 Å². The minimum absolute atomic E-state index is 0.00683. The van der Waals surface area contributed by atoms with Crippen molar-refractivity contribution >= 4 is 5.52 Å². The van der Waals surface area contributed by atoms with Crippen LogP contribution < -0.4 is 9.47 Å². The lowest BCUT2D eigenvalue weighted by Crippen LogP contribution is -2.23. The van der Waals surface area contributed by atoms with Crippen molar-refractivity contribution in [2.75, 3.05) is 26.7 Å². The third kappa shape index (κ3) is 3.53. The van der Waals surface area contributed by atoms with Crippen molar-refractivity contribution < 1.29 is 9.47 Å². The lowest BCUT2D eigenvalue weighted by Gasteiger charge is -2.26. The molecule has 3 heterocycles. The molecule has 3 aromatic rings. The third-order valence-corrected chi connectivity index (χ3v) is 5.03. The Morgan fingerprint density at radius 2 is 2.23 bits per heavy atom. The summed E-state index contributed by atoms with van der Waals surface area (Å²) in [5.41, 5.74) is 3.35. The van der Waals surface area contributed by atoms with E-state index < -0.39 is 0 Å². The number of hydrogen-bond acceptors (Lipinski definition) is 4. The summed E-state index contributed by atoms with van der Waals surface area (Å²) in [5, 5.41) is 0. The van der Waals surface area contributed by atoms with Gasteiger partial charge in [0.05, 0.1) is 12.0 Å². The Kier molecular flexibility index (Phi) is 4.80. The van der Waals surface area contributed by atoms with Crippen LogP contribution in [0.2, 0.25) is 0 Å². The first-order chi connectivity index (χ1) is 12.7. The van der Waals surface area contributed by atoms with Crippen molar-refractivity contribution in [2.45, 2.75) is 25.9 Å². The molecule has 136 valence electrons. The maximum atomic E-state index is 6.22. The fourth-order valence-corrected chi connectivity index (χ4v) is 3.27. The maximum Gasteiger partial charge on any atom is 0.141 e. The lowest BCUT2D eigenvalue weighted by atomic mass is 10.00. The molecule has 5 nitrogen and oxygen atoms in total. The van der Waals surface area contributed by atoms with E-state index in [1.165, 1.54) is 5.56 Å². The topological polar surface area (TPSA) is 39.0 Å². The summed E-state index contributed by atoms with van der Waals surface area (Å²) in [6, 6.07) is 12.4. The molecular formula is C21H25N3O2. The van der Waals surface area contributed by atoms with Crippen LogP contribution in [0.15, 0.2) is 48.9 Å². The van der Waals surface area contributed by atoms with Gasteiger partial charge < -0.3 is 18.8 Å². The molecule has 0 saturated carbocycles. The summed E-state index contributed by atoms with van der Waals surface area (Å²) in [6.07, 6.45) is 5.77. The van der Waals surface area contributed by atoms with E-state index in [1.54, 1.807) is 0 Å². The first-order valence-electron chi connectivity index (χ1n) is 9.26. The van der Waals surface area contributed by atoms with Crippen LogP contribution in [0.25, 0.3) is 5.52 Å². The summed E-state index contributed by atoms with van der Waals surface area (Å²) < 4.78 is 14.1. The average Bonchev–Trinajstić information content (AvgIpc) is 3.15. The number of fused-ring (bicyclic) bond motifs is 2. The fourth-order valence-electron chi connectivity index (χ4n) is 3.27. The van der Waals surface area contributed by atoms with Crippen LogP contribution in [-0.2, 0) is 6.42 Å². The Balaban J connectivity index is 1.43. The van der Waals surface area contributed by atoms with Gasteiger partial charge >= 0.3 is 0 Å². The normalized spacial score (nSPS) is 16.5. The average molecular weight is 351 g/mol. The first kappa shape index (κ1) is 16.9. The second-order valence-electron chi connectivity index (χ2n) is 6.81. The zero-order valence-electron chi connectivity index (χ0n) is 15.4. The summed E-state index contributed by atoms with van der Waals surface area (Å²) >= 11 is 0. The minimum Gasteiger partial charge on any atom is -0.492 e. The van der Waals surface area contributed by atoms with Gasteiger partial charge in [-0.2, -0.15) is 0 Å². The molecule has 1 unspecified atom stereocenters. The minimum atomic E-state index is 0.00683. The third-order valence-electron chi connectivity index (χ3n) is 5.03. The number of nitrogens with zero attached hydrogens (tertiary/aromatic N) is 3. The first-order valence-corrected chi connectivity index (χ1v) is 9.26. The van der Waals surface area contributed by atoms with Gasteiger partial charge in [0.25, 0.3) is 0 Å². The molecule has 26 heavy (non-hydrogen) atoms. The van der Waals surface area contributed by atoms with Crippen molar-refractivity contribution in [3.8, 4) is 11.5 Å². The van der Waals surface area contributed by atoms with Crippen LogP contribution >= 0.6 is 0 Å². The van der Waals surface area contributed by atoms with E-state index >= 15 is 0 Å². The molecule has 1 aliphatic rings. The molecule has 0 saturated heterocycles. The Labute approximate surface area is 154 Å². The second kappa shape index (κ2) is 7.38. The Hall–Kier alpha value is -2.53. The van der Waals surface area contributed by atoms with Crippen LogP contribution in [0.4, 0.5) is 0 Å². The number of aryl methyl sites for hydroxylation is 1. The van der Waals surface area contributed by atoms with Crippen LogP contribution in [0, 0.1) is 0 Å². The summed E-state index contributed by atoms with van der Waals surface area (Å²) in [6.45, 7) is 4.81. The maximum absolute atomic E-state index is 6.22. The number of benzene rings is 1. The zero-order chi connectivity index (χ0) is 17.9. The molecule has 0 amide bonds. The smallest absolute Gasteiger partial charge is 0.141 e. The van der Waals surface area contributed by atoms with Crippen LogP contribution in [0.5, 0.6) is 11.5 Å². The molecule has 0 spiro atoms. The number of hydrogen-bond donors (Lipinski definition) is 0. The number of aromatic nitrogens is 2. The molecule has 0 aliphatic carbocycles. The van der Waals surface area contributed by atoms with Gasteiger partial charge in [0, 0.05) is 18.3 Å². The highest BCUT2D eigenvalue weighted by Gasteiger charge is 2.23. The van der Waals surface area contributed by atoms with E-state index in [-0.39, 0.29) is 6.10 Å². The van der Waals surface area contributed by atoms with Gasteiger partial charge in [-0.25, -0.2) is 4.98 Å². The van der Waals surface area contributed by atoms with Crippen molar-refractivity contribution in [1.29, 1.82) is 0 Å². The number of ether oxygens (including phenoxy) is 2. The van der Waals surface area contributed by atoms with Crippen LogP contribution in [0.3, 0.4) is 0 Å². The van der Waals surface area contributed by atoms with Gasteiger partial charge in [-0.05, 0) is 68.4 Å². The molecule has 0 N–H and O–H groups in total. The van der Waals surface area contributed by atoms with E-state index in [0.29, 0.717) is 6.61 Å². The standard InChI is InChI=1S/C21H25N3O2/c1-3-23(2)11-12-25-18-7-9-20-16(13-18)6-8-21(26-20)19-14-17-5-4-10-24(17)15-22-19/h4-5,7,9-10,13-15,21H,3,6,8,11-12H2,1-2H3. The molecule has 1 atom stereocenters. The predicted molar refractivity (Wildman–Crippen MR) is 102 cm³/mol. The summed E-state index contributed by atoms with van der Waals surface area (Å²) in [5.74, 6) is 1.86. The summed E-state index contributed by atoms with van der Waals surface area (Å²) in [4.78, 5) is 6.80. The van der Waals surface area contributed by atoms with Crippen molar-refractivity contribution in [1.82, 2.24) is 14.3 Å². The van der Waals surface area contributed by atoms with Crippen LogP contribution in [-0.4, -0.2) is 41.0 Å². The van der Waals surface area contributed by atoms with Gasteiger partial charge in [-0.15, -0.1) is 0 Å². The monoisotopic (exact) mass is 351 g/mol. The highest BCUT2D eigenvalue weighted by molar-refractivity contribution is 5.48. The quantitative estimate of drug-likeness (QED) is 0.678. The highest BCUT2D eigenvalue weighted by Crippen LogP contribution is 2.36. The Morgan fingerprint density at radius 3 is 3.12 bits per heavy atom. The number of likely N-dealkylation sites (N-methyl/N-ethyl adjacent to an activating group) is 1. The molecule has 0 radical (unpaired) electrons. The van der Waals surface area contributed by atoms with Gasteiger partial charge in [-0.3, -0.25) is 0 Å². The van der Waals surface area contributed by atoms with E-state index in [4.69, 9.17) is 9.47 Å². The molecular weight excluding hydrogens is 326 g/mol.